The lowest BCUT2D eigenvalue weighted by Gasteiger charge is -2.36. The second kappa shape index (κ2) is 14.6. The highest BCUT2D eigenvalue weighted by Crippen LogP contribution is 2.30. The molecule has 2 fully saturated rings. The molecule has 3 heterocycles. The third-order valence-electron chi connectivity index (χ3n) is 9.10. The van der Waals surface area contributed by atoms with Crippen molar-refractivity contribution < 1.29 is 19.1 Å². The first-order chi connectivity index (χ1) is 23.2. The normalized spacial score (nSPS) is 15.9. The summed E-state index contributed by atoms with van der Waals surface area (Å²) in [6, 6.07) is 22.4. The predicted molar refractivity (Wildman–Crippen MR) is 190 cm³/mol. The Labute approximate surface area is 282 Å². The van der Waals surface area contributed by atoms with E-state index in [1.807, 2.05) is 24.3 Å². The van der Waals surface area contributed by atoms with Crippen LogP contribution in [0.2, 0.25) is 0 Å². The third kappa shape index (κ3) is 7.84. The first-order valence-electron chi connectivity index (χ1n) is 17.0. The van der Waals surface area contributed by atoms with Crippen LogP contribution in [0.4, 0.5) is 21.0 Å². The number of nitrogens with one attached hydrogen (secondary N) is 2. The lowest BCUT2D eigenvalue weighted by atomic mass is 9.87. The number of piperazine rings is 2. The maximum atomic E-state index is 12.7. The topological polar surface area (TPSA) is 106 Å². The molecule has 2 N–H and O–H groups in total. The van der Waals surface area contributed by atoms with Crippen molar-refractivity contribution in [3.05, 3.63) is 72.3 Å². The molecule has 0 aliphatic carbocycles. The molecule has 6 rings (SSSR count). The summed E-state index contributed by atoms with van der Waals surface area (Å²) in [5.41, 5.74) is 6.46. The van der Waals surface area contributed by atoms with E-state index in [1.165, 1.54) is 11.3 Å². The maximum Gasteiger partial charge on any atom is 0.409 e. The number of rotatable bonds is 8. The van der Waals surface area contributed by atoms with Crippen LogP contribution in [-0.4, -0.2) is 109 Å². The molecular formula is C37H47N7O4. The van der Waals surface area contributed by atoms with Crippen molar-refractivity contribution in [1.29, 1.82) is 0 Å². The fourth-order valence-corrected chi connectivity index (χ4v) is 6.19. The smallest absolute Gasteiger partial charge is 0.409 e. The van der Waals surface area contributed by atoms with Gasteiger partial charge in [-0.1, -0.05) is 51.1 Å². The minimum atomic E-state index is -0.328. The van der Waals surface area contributed by atoms with E-state index >= 15 is 0 Å². The maximum absolute atomic E-state index is 12.7. The molecule has 0 unspecified atom stereocenters. The van der Waals surface area contributed by atoms with Gasteiger partial charge in [-0.2, -0.15) is 0 Å². The minimum Gasteiger partial charge on any atom is -0.492 e. The fraction of sp³-hybridized carbons (Fsp3) is 0.432. The number of amides is 3. The van der Waals surface area contributed by atoms with Gasteiger partial charge in [-0.3, -0.25) is 4.90 Å². The number of ether oxygens (including phenoxy) is 2. The summed E-state index contributed by atoms with van der Waals surface area (Å²) in [5, 5.41) is 2.94. The van der Waals surface area contributed by atoms with Crippen molar-refractivity contribution >= 4 is 34.5 Å². The van der Waals surface area contributed by atoms with E-state index in [9.17, 15) is 9.59 Å². The molecule has 0 spiro atoms. The lowest BCUT2D eigenvalue weighted by Crippen LogP contribution is -2.51. The average Bonchev–Trinajstić information content (AvgIpc) is 3.54. The second-order valence-corrected chi connectivity index (χ2v) is 13.4. The third-order valence-corrected chi connectivity index (χ3v) is 9.10. The fourth-order valence-electron chi connectivity index (χ4n) is 6.19. The van der Waals surface area contributed by atoms with Crippen molar-refractivity contribution in [2.75, 3.05) is 82.3 Å². The van der Waals surface area contributed by atoms with Gasteiger partial charge in [0.05, 0.1) is 17.8 Å². The van der Waals surface area contributed by atoms with Crippen molar-refractivity contribution in [2.24, 2.45) is 0 Å². The number of aromatic amines is 1. The number of hydrogen-bond donors (Lipinski definition) is 2. The van der Waals surface area contributed by atoms with Crippen LogP contribution in [0.25, 0.3) is 22.4 Å². The average molecular weight is 654 g/mol. The standard InChI is InChI=1S/C37H47N7O4/c1-5-47-36(46)44-23-21-43(22-24-44)35(45)38-29-13-15-30(16-14-29)48-26-25-41-17-19-42(20-18-41)32-8-6-7-31-33(32)40-34(39-31)27-9-11-28(12-10-27)37(2,3)4/h6-16H,5,17-26H2,1-4H3,(H,38,45)(H,39,40). The second-order valence-electron chi connectivity index (χ2n) is 13.4. The summed E-state index contributed by atoms with van der Waals surface area (Å²) in [6.07, 6.45) is -0.328. The molecule has 2 aliphatic rings. The monoisotopic (exact) mass is 653 g/mol. The summed E-state index contributed by atoms with van der Waals surface area (Å²) in [6.45, 7) is 15.8. The molecule has 3 aromatic carbocycles. The highest BCUT2D eigenvalue weighted by Gasteiger charge is 2.25. The van der Waals surface area contributed by atoms with Crippen LogP contribution in [0.3, 0.4) is 0 Å². The Morgan fingerprint density at radius 3 is 2.21 bits per heavy atom. The van der Waals surface area contributed by atoms with E-state index in [-0.39, 0.29) is 17.5 Å². The minimum absolute atomic E-state index is 0.118. The van der Waals surface area contributed by atoms with E-state index in [2.05, 4.69) is 83.3 Å². The molecule has 3 amide bonds. The zero-order chi connectivity index (χ0) is 33.7. The summed E-state index contributed by atoms with van der Waals surface area (Å²) >= 11 is 0. The van der Waals surface area contributed by atoms with Crippen LogP contribution < -0.4 is 15.0 Å². The molecule has 11 nitrogen and oxygen atoms in total. The molecule has 2 saturated heterocycles. The van der Waals surface area contributed by atoms with Crippen molar-refractivity contribution in [3.8, 4) is 17.1 Å². The number of fused-ring (bicyclic) bond motifs is 1. The molecule has 2 aliphatic heterocycles. The molecule has 4 aromatic rings. The van der Waals surface area contributed by atoms with Crippen molar-refractivity contribution in [2.45, 2.75) is 33.1 Å². The number of nitrogens with zero attached hydrogens (tertiary/aromatic N) is 5. The van der Waals surface area contributed by atoms with E-state index < -0.39 is 0 Å². The first kappa shape index (κ1) is 33.1. The number of para-hydroxylation sites is 1. The van der Waals surface area contributed by atoms with Crippen LogP contribution in [0.5, 0.6) is 5.75 Å². The summed E-state index contributed by atoms with van der Waals surface area (Å²) < 4.78 is 11.1. The number of benzene rings is 3. The largest absolute Gasteiger partial charge is 0.492 e. The number of aromatic nitrogens is 2. The van der Waals surface area contributed by atoms with Gasteiger partial charge >= 0.3 is 12.1 Å². The van der Waals surface area contributed by atoms with Gasteiger partial charge in [0.25, 0.3) is 0 Å². The molecule has 48 heavy (non-hydrogen) atoms. The molecule has 0 saturated carbocycles. The number of anilines is 2. The molecule has 0 bridgehead atoms. The zero-order valence-electron chi connectivity index (χ0n) is 28.5. The van der Waals surface area contributed by atoms with Gasteiger partial charge in [-0.15, -0.1) is 0 Å². The SMILES string of the molecule is CCOC(=O)N1CCN(C(=O)Nc2ccc(OCCN3CCN(c4cccc5[nH]c(-c6ccc(C(C)(C)C)cc6)nc45)CC3)cc2)CC1. The van der Waals surface area contributed by atoms with Crippen LogP contribution in [-0.2, 0) is 10.2 Å². The summed E-state index contributed by atoms with van der Waals surface area (Å²) in [5.74, 6) is 1.67. The quantitative estimate of drug-likeness (QED) is 0.239. The Hall–Kier alpha value is -4.77. The number of urea groups is 1. The molecule has 1 aromatic heterocycles. The Balaban J connectivity index is 0.945. The van der Waals surface area contributed by atoms with E-state index in [0.717, 1.165) is 60.9 Å². The zero-order valence-corrected chi connectivity index (χ0v) is 28.5. The number of hydrogen-bond acceptors (Lipinski definition) is 7. The van der Waals surface area contributed by atoms with E-state index in [4.69, 9.17) is 14.5 Å². The molecule has 0 atom stereocenters. The van der Waals surface area contributed by atoms with Crippen LogP contribution in [0.1, 0.15) is 33.3 Å². The molecule has 11 heteroatoms. The number of carbonyl (C=O) groups excluding carboxylic acids is 2. The Morgan fingerprint density at radius 2 is 1.54 bits per heavy atom. The molecular weight excluding hydrogens is 606 g/mol. The number of imidazole rings is 1. The Morgan fingerprint density at radius 1 is 0.854 bits per heavy atom. The van der Waals surface area contributed by atoms with Gasteiger partial charge in [0, 0.05) is 70.2 Å². The predicted octanol–water partition coefficient (Wildman–Crippen LogP) is 6.03. The van der Waals surface area contributed by atoms with Gasteiger partial charge in [-0.25, -0.2) is 14.6 Å². The van der Waals surface area contributed by atoms with Gasteiger partial charge in [-0.05, 0) is 54.3 Å². The highest BCUT2D eigenvalue weighted by atomic mass is 16.6. The summed E-state index contributed by atoms with van der Waals surface area (Å²) in [7, 11) is 0. The first-order valence-corrected chi connectivity index (χ1v) is 17.0. The number of H-pyrrole nitrogens is 1. The highest BCUT2D eigenvalue weighted by molar-refractivity contribution is 5.91. The number of carbonyl (C=O) groups is 2. The van der Waals surface area contributed by atoms with Crippen molar-refractivity contribution in [3.63, 3.8) is 0 Å². The van der Waals surface area contributed by atoms with Crippen LogP contribution in [0, 0.1) is 0 Å². The lowest BCUT2D eigenvalue weighted by molar-refractivity contribution is 0.0868. The Kier molecular flexibility index (Phi) is 10.0. The van der Waals surface area contributed by atoms with E-state index in [1.54, 1.807) is 16.7 Å². The van der Waals surface area contributed by atoms with Gasteiger partial charge in [0.1, 0.15) is 23.7 Å². The van der Waals surface area contributed by atoms with Gasteiger partial charge in [0.2, 0.25) is 0 Å². The van der Waals surface area contributed by atoms with Crippen LogP contribution in [0.15, 0.2) is 66.7 Å². The van der Waals surface area contributed by atoms with Gasteiger partial charge < -0.3 is 34.5 Å². The molecule has 254 valence electrons. The van der Waals surface area contributed by atoms with Crippen molar-refractivity contribution in [1.82, 2.24) is 24.7 Å². The van der Waals surface area contributed by atoms with E-state index in [0.29, 0.717) is 45.1 Å². The Bertz CT molecular complexity index is 1680. The van der Waals surface area contributed by atoms with Crippen LogP contribution >= 0.6 is 0 Å². The summed E-state index contributed by atoms with van der Waals surface area (Å²) in [4.78, 5) is 41.4. The van der Waals surface area contributed by atoms with Gasteiger partial charge in [0.15, 0.2) is 0 Å². The molecule has 0 radical (unpaired) electrons.